The Bertz CT molecular complexity index is 761. The molecule has 2 aromatic heterocycles. The fourth-order valence-electron chi connectivity index (χ4n) is 1.92. The van der Waals surface area contributed by atoms with Gasteiger partial charge in [0.25, 0.3) is 0 Å². The Labute approximate surface area is 121 Å². The third kappa shape index (κ3) is 2.56. The molecule has 0 bridgehead atoms. The van der Waals surface area contributed by atoms with Crippen LogP contribution in [0.1, 0.15) is 10.6 Å². The van der Waals surface area contributed by atoms with E-state index in [2.05, 4.69) is 6.07 Å². The average molecular weight is 277 g/mol. The molecule has 0 aliphatic rings. The summed E-state index contributed by atoms with van der Waals surface area (Å²) < 4.78 is 5.78. The summed E-state index contributed by atoms with van der Waals surface area (Å²) in [6.45, 7) is 0. The monoisotopic (exact) mass is 277 g/mol. The molecule has 0 saturated carbocycles. The van der Waals surface area contributed by atoms with Gasteiger partial charge in [-0.1, -0.05) is 36.4 Å². The van der Waals surface area contributed by atoms with Gasteiger partial charge >= 0.3 is 0 Å². The molecule has 0 radical (unpaired) electrons. The third-order valence-corrected chi connectivity index (χ3v) is 3.78. The molecule has 0 spiro atoms. The molecule has 96 valence electrons. The first-order valence-electron chi connectivity index (χ1n) is 6.18. The van der Waals surface area contributed by atoms with E-state index in [9.17, 15) is 5.26 Å². The van der Waals surface area contributed by atoms with Gasteiger partial charge in [-0.25, -0.2) is 0 Å². The highest BCUT2D eigenvalue weighted by atomic mass is 32.1. The molecule has 0 aliphatic heterocycles. The van der Waals surface area contributed by atoms with Crippen molar-refractivity contribution in [3.05, 3.63) is 70.6 Å². The number of thiophene rings is 1. The maximum absolute atomic E-state index is 9.23. The van der Waals surface area contributed by atoms with E-state index in [4.69, 9.17) is 4.42 Å². The number of furan rings is 1. The number of nitriles is 1. The highest BCUT2D eigenvalue weighted by Gasteiger charge is 2.06. The molecular formula is C17H11NOS. The van der Waals surface area contributed by atoms with Gasteiger partial charge in [-0.3, -0.25) is 0 Å². The maximum Gasteiger partial charge on any atom is 0.134 e. The summed E-state index contributed by atoms with van der Waals surface area (Å²) in [5.74, 6) is 1.49. The van der Waals surface area contributed by atoms with Gasteiger partial charge in [0.15, 0.2) is 0 Å². The molecule has 0 saturated heterocycles. The quantitative estimate of drug-likeness (QED) is 0.626. The van der Waals surface area contributed by atoms with Crippen LogP contribution in [0, 0.1) is 11.3 Å². The molecule has 20 heavy (non-hydrogen) atoms. The number of benzene rings is 1. The topological polar surface area (TPSA) is 36.9 Å². The summed E-state index contributed by atoms with van der Waals surface area (Å²) in [6, 6.07) is 19.8. The number of hydrogen-bond acceptors (Lipinski definition) is 3. The predicted molar refractivity (Wildman–Crippen MR) is 81.9 cm³/mol. The van der Waals surface area contributed by atoms with Crippen molar-refractivity contribution in [3.8, 4) is 17.4 Å². The standard InChI is InChI=1S/C17H11NOS/c18-12-14(17-7-4-10-20-17)11-15-8-9-16(19-15)13-5-2-1-3-6-13/h1-11H/b14-11+. The second-order valence-corrected chi connectivity index (χ2v) is 5.16. The lowest BCUT2D eigenvalue weighted by Gasteiger charge is -1.95. The third-order valence-electron chi connectivity index (χ3n) is 2.88. The fraction of sp³-hybridized carbons (Fsp3) is 0. The Morgan fingerprint density at radius 1 is 1.05 bits per heavy atom. The molecular weight excluding hydrogens is 266 g/mol. The van der Waals surface area contributed by atoms with Crippen molar-refractivity contribution >= 4 is 23.0 Å². The zero-order chi connectivity index (χ0) is 13.8. The Kier molecular flexibility index (Phi) is 3.49. The molecule has 2 heterocycles. The first-order chi connectivity index (χ1) is 9.86. The van der Waals surface area contributed by atoms with Crippen LogP contribution in [0.2, 0.25) is 0 Å². The van der Waals surface area contributed by atoms with Gasteiger partial charge in [0.1, 0.15) is 17.6 Å². The summed E-state index contributed by atoms with van der Waals surface area (Å²) in [5.41, 5.74) is 1.65. The van der Waals surface area contributed by atoms with Crippen molar-refractivity contribution in [3.63, 3.8) is 0 Å². The molecule has 0 atom stereocenters. The van der Waals surface area contributed by atoms with Gasteiger partial charge in [-0.15, -0.1) is 11.3 Å². The SMILES string of the molecule is N#C/C(=C\c1ccc(-c2ccccc2)o1)c1cccs1. The van der Waals surface area contributed by atoms with Crippen LogP contribution in [0.15, 0.2) is 64.4 Å². The second-order valence-electron chi connectivity index (χ2n) is 4.22. The minimum absolute atomic E-state index is 0.619. The lowest BCUT2D eigenvalue weighted by molar-refractivity contribution is 0.572. The predicted octanol–water partition coefficient (Wildman–Crippen LogP) is 5.07. The number of hydrogen-bond donors (Lipinski definition) is 0. The van der Waals surface area contributed by atoms with Gasteiger partial charge < -0.3 is 4.42 Å². The first-order valence-corrected chi connectivity index (χ1v) is 7.06. The summed E-state index contributed by atoms with van der Waals surface area (Å²) in [5, 5.41) is 11.2. The molecule has 3 aromatic rings. The van der Waals surface area contributed by atoms with Gasteiger partial charge in [-0.2, -0.15) is 5.26 Å². The minimum Gasteiger partial charge on any atom is -0.457 e. The summed E-state index contributed by atoms with van der Waals surface area (Å²) in [6.07, 6.45) is 1.78. The summed E-state index contributed by atoms with van der Waals surface area (Å²) >= 11 is 1.55. The maximum atomic E-state index is 9.23. The normalized spacial score (nSPS) is 11.2. The van der Waals surface area contributed by atoms with E-state index in [-0.39, 0.29) is 0 Å². The van der Waals surface area contributed by atoms with Crippen molar-refractivity contribution in [1.29, 1.82) is 5.26 Å². The Morgan fingerprint density at radius 2 is 1.90 bits per heavy atom. The Morgan fingerprint density at radius 3 is 2.60 bits per heavy atom. The molecule has 0 N–H and O–H groups in total. The van der Waals surface area contributed by atoms with Crippen molar-refractivity contribution in [2.75, 3.05) is 0 Å². The number of allylic oxidation sites excluding steroid dienone is 1. The molecule has 0 amide bonds. The van der Waals surface area contributed by atoms with Crippen molar-refractivity contribution in [2.24, 2.45) is 0 Å². The highest BCUT2D eigenvalue weighted by Crippen LogP contribution is 2.26. The smallest absolute Gasteiger partial charge is 0.134 e. The van der Waals surface area contributed by atoms with Crippen LogP contribution in [0.4, 0.5) is 0 Å². The molecule has 3 rings (SSSR count). The number of rotatable bonds is 3. The lowest BCUT2D eigenvalue weighted by Crippen LogP contribution is -1.74. The average Bonchev–Trinajstić information content (AvgIpc) is 3.17. The van der Waals surface area contributed by atoms with Crippen molar-refractivity contribution in [2.45, 2.75) is 0 Å². The minimum atomic E-state index is 0.619. The van der Waals surface area contributed by atoms with Crippen molar-refractivity contribution < 1.29 is 4.42 Å². The second kappa shape index (κ2) is 5.60. The van der Waals surface area contributed by atoms with E-state index in [1.165, 1.54) is 0 Å². The van der Waals surface area contributed by atoms with Crippen molar-refractivity contribution in [1.82, 2.24) is 0 Å². The van der Waals surface area contributed by atoms with Crippen LogP contribution < -0.4 is 0 Å². The Hall–Kier alpha value is -2.57. The van der Waals surface area contributed by atoms with E-state index in [0.29, 0.717) is 11.3 Å². The van der Waals surface area contributed by atoms with Crippen LogP contribution >= 0.6 is 11.3 Å². The fourth-order valence-corrected chi connectivity index (χ4v) is 2.61. The van der Waals surface area contributed by atoms with E-state index in [1.807, 2.05) is 60.0 Å². The van der Waals surface area contributed by atoms with Gasteiger partial charge in [0.2, 0.25) is 0 Å². The molecule has 2 nitrogen and oxygen atoms in total. The van der Waals surface area contributed by atoms with E-state index < -0.39 is 0 Å². The zero-order valence-corrected chi connectivity index (χ0v) is 11.4. The highest BCUT2D eigenvalue weighted by molar-refractivity contribution is 7.11. The van der Waals surface area contributed by atoms with Crippen LogP contribution in [-0.4, -0.2) is 0 Å². The molecule has 0 fully saturated rings. The van der Waals surface area contributed by atoms with E-state index in [0.717, 1.165) is 16.2 Å². The molecule has 1 aromatic carbocycles. The van der Waals surface area contributed by atoms with E-state index >= 15 is 0 Å². The zero-order valence-electron chi connectivity index (χ0n) is 10.6. The number of nitrogens with zero attached hydrogens (tertiary/aromatic N) is 1. The van der Waals surface area contributed by atoms with Gasteiger partial charge in [-0.05, 0) is 29.7 Å². The lowest BCUT2D eigenvalue weighted by atomic mass is 10.2. The molecule has 3 heteroatoms. The summed E-state index contributed by atoms with van der Waals surface area (Å²) in [4.78, 5) is 0.949. The van der Waals surface area contributed by atoms with E-state index in [1.54, 1.807) is 17.4 Å². The van der Waals surface area contributed by atoms with Crippen LogP contribution in [0.5, 0.6) is 0 Å². The van der Waals surface area contributed by atoms with Gasteiger partial charge in [0, 0.05) is 10.4 Å². The Balaban J connectivity index is 1.93. The van der Waals surface area contributed by atoms with Gasteiger partial charge in [0.05, 0.1) is 5.57 Å². The van der Waals surface area contributed by atoms with Crippen LogP contribution in [0.25, 0.3) is 23.0 Å². The molecule has 0 unspecified atom stereocenters. The summed E-state index contributed by atoms with van der Waals surface area (Å²) in [7, 11) is 0. The first kappa shape index (κ1) is 12.5. The molecule has 0 aliphatic carbocycles. The largest absolute Gasteiger partial charge is 0.457 e. The van der Waals surface area contributed by atoms with Crippen LogP contribution in [0.3, 0.4) is 0 Å². The van der Waals surface area contributed by atoms with Crippen LogP contribution in [-0.2, 0) is 0 Å².